The first-order valence-corrected chi connectivity index (χ1v) is 6.59. The molecule has 0 aliphatic heterocycles. The van der Waals surface area contributed by atoms with Crippen molar-refractivity contribution in [1.82, 2.24) is 4.98 Å². The first-order valence-electron chi connectivity index (χ1n) is 6.59. The van der Waals surface area contributed by atoms with Gasteiger partial charge < -0.3 is 10.5 Å². The fraction of sp³-hybridized carbons (Fsp3) is 0.643. The van der Waals surface area contributed by atoms with Gasteiger partial charge in [-0.15, -0.1) is 0 Å². The molecular weight excluding hydrogens is 212 g/mol. The highest BCUT2D eigenvalue weighted by molar-refractivity contribution is 5.27. The first kappa shape index (κ1) is 14.0. The van der Waals surface area contributed by atoms with Gasteiger partial charge in [0, 0.05) is 17.8 Å². The van der Waals surface area contributed by atoms with Gasteiger partial charge in [-0.1, -0.05) is 38.7 Å². The average Bonchev–Trinajstić information content (AvgIpc) is 2.34. The molecule has 0 aliphatic carbocycles. The Bertz CT molecular complexity index is 313. The molecule has 1 rings (SSSR count). The smallest absolute Gasteiger partial charge is 0.218 e. The summed E-state index contributed by atoms with van der Waals surface area (Å²) < 4.78 is 5.69. The van der Waals surface area contributed by atoms with Crippen LogP contribution in [0.2, 0.25) is 0 Å². The molecule has 0 aromatic carbocycles. The standard InChI is InChI=1S/C14H24N2O/c1-3-4-5-6-7-11-17-14-13(12(2)15)9-8-10-16-14/h8-10,12H,3-7,11,15H2,1-2H3/t12-/m0/s1. The van der Waals surface area contributed by atoms with E-state index in [9.17, 15) is 0 Å². The molecule has 1 atom stereocenters. The molecule has 3 heteroatoms. The second-order valence-electron chi connectivity index (χ2n) is 4.45. The maximum atomic E-state index is 5.86. The van der Waals surface area contributed by atoms with Crippen LogP contribution in [0.25, 0.3) is 0 Å². The normalized spacial score (nSPS) is 12.4. The summed E-state index contributed by atoms with van der Waals surface area (Å²) in [6.07, 6.45) is 7.95. The molecule has 1 heterocycles. The Hall–Kier alpha value is -1.09. The Kier molecular flexibility index (Phi) is 6.63. The quantitative estimate of drug-likeness (QED) is 0.703. The van der Waals surface area contributed by atoms with Crippen LogP contribution in [0.1, 0.15) is 57.6 Å². The van der Waals surface area contributed by atoms with Crippen molar-refractivity contribution in [3.63, 3.8) is 0 Å². The summed E-state index contributed by atoms with van der Waals surface area (Å²) in [6.45, 7) is 4.91. The van der Waals surface area contributed by atoms with Crippen LogP contribution in [0.5, 0.6) is 5.88 Å². The van der Waals surface area contributed by atoms with Crippen LogP contribution in [0.3, 0.4) is 0 Å². The van der Waals surface area contributed by atoms with Crippen LogP contribution in [0, 0.1) is 0 Å². The zero-order valence-corrected chi connectivity index (χ0v) is 11.0. The lowest BCUT2D eigenvalue weighted by molar-refractivity contribution is 0.289. The number of hydrogen-bond donors (Lipinski definition) is 1. The molecule has 2 N–H and O–H groups in total. The van der Waals surface area contributed by atoms with E-state index in [4.69, 9.17) is 10.5 Å². The van der Waals surface area contributed by atoms with E-state index in [-0.39, 0.29) is 6.04 Å². The maximum Gasteiger partial charge on any atom is 0.218 e. The van der Waals surface area contributed by atoms with Gasteiger partial charge in [0.25, 0.3) is 0 Å². The van der Waals surface area contributed by atoms with Crippen molar-refractivity contribution in [2.45, 2.75) is 52.0 Å². The van der Waals surface area contributed by atoms with Gasteiger partial charge in [-0.3, -0.25) is 0 Å². The Morgan fingerprint density at radius 2 is 2.06 bits per heavy atom. The highest BCUT2D eigenvalue weighted by atomic mass is 16.5. The van der Waals surface area contributed by atoms with Crippen molar-refractivity contribution in [2.75, 3.05) is 6.61 Å². The minimum Gasteiger partial charge on any atom is -0.477 e. The third-order valence-electron chi connectivity index (χ3n) is 2.78. The van der Waals surface area contributed by atoms with Gasteiger partial charge >= 0.3 is 0 Å². The zero-order chi connectivity index (χ0) is 12.5. The molecule has 0 unspecified atom stereocenters. The number of pyridine rings is 1. The van der Waals surface area contributed by atoms with Gasteiger partial charge in [0.05, 0.1) is 6.61 Å². The largest absolute Gasteiger partial charge is 0.477 e. The number of unbranched alkanes of at least 4 members (excludes halogenated alkanes) is 4. The van der Waals surface area contributed by atoms with Crippen LogP contribution in [-0.4, -0.2) is 11.6 Å². The van der Waals surface area contributed by atoms with E-state index in [2.05, 4.69) is 11.9 Å². The molecule has 0 amide bonds. The SMILES string of the molecule is CCCCCCCOc1ncccc1[C@H](C)N. The number of hydrogen-bond acceptors (Lipinski definition) is 3. The lowest BCUT2D eigenvalue weighted by atomic mass is 10.1. The van der Waals surface area contributed by atoms with E-state index < -0.39 is 0 Å². The van der Waals surface area contributed by atoms with Crippen LogP contribution < -0.4 is 10.5 Å². The van der Waals surface area contributed by atoms with E-state index in [0.29, 0.717) is 5.88 Å². The van der Waals surface area contributed by atoms with Crippen molar-refractivity contribution in [3.8, 4) is 5.88 Å². The van der Waals surface area contributed by atoms with E-state index in [1.807, 2.05) is 19.1 Å². The summed E-state index contributed by atoms with van der Waals surface area (Å²) in [5.74, 6) is 0.693. The van der Waals surface area contributed by atoms with Crippen LogP contribution in [0.4, 0.5) is 0 Å². The molecule has 3 nitrogen and oxygen atoms in total. The van der Waals surface area contributed by atoms with Crippen LogP contribution >= 0.6 is 0 Å². The summed E-state index contributed by atoms with van der Waals surface area (Å²) in [5, 5.41) is 0. The van der Waals surface area contributed by atoms with Crippen molar-refractivity contribution < 1.29 is 4.74 Å². The fourth-order valence-corrected chi connectivity index (χ4v) is 1.74. The average molecular weight is 236 g/mol. The molecule has 0 spiro atoms. The van der Waals surface area contributed by atoms with E-state index >= 15 is 0 Å². The summed E-state index contributed by atoms with van der Waals surface area (Å²) >= 11 is 0. The molecule has 17 heavy (non-hydrogen) atoms. The Balaban J connectivity index is 2.31. The minimum atomic E-state index is -0.0289. The topological polar surface area (TPSA) is 48.1 Å². The second kappa shape index (κ2) is 8.07. The first-order chi connectivity index (χ1) is 8.25. The molecule has 0 saturated carbocycles. The van der Waals surface area contributed by atoms with Crippen LogP contribution in [0.15, 0.2) is 18.3 Å². The zero-order valence-electron chi connectivity index (χ0n) is 11.0. The molecule has 0 aliphatic rings. The molecule has 1 aromatic heterocycles. The van der Waals surface area contributed by atoms with Crippen molar-refractivity contribution in [2.24, 2.45) is 5.73 Å². The molecule has 0 bridgehead atoms. The Labute approximate surface area is 104 Å². The lowest BCUT2D eigenvalue weighted by Gasteiger charge is -2.12. The van der Waals surface area contributed by atoms with Gasteiger partial charge in [0.15, 0.2) is 0 Å². The van der Waals surface area contributed by atoms with E-state index in [1.165, 1.54) is 25.7 Å². The van der Waals surface area contributed by atoms with Crippen LogP contribution in [-0.2, 0) is 0 Å². The molecule has 0 fully saturated rings. The highest BCUT2D eigenvalue weighted by Crippen LogP contribution is 2.20. The van der Waals surface area contributed by atoms with Crippen molar-refractivity contribution in [1.29, 1.82) is 0 Å². The lowest BCUT2D eigenvalue weighted by Crippen LogP contribution is -2.09. The maximum absolute atomic E-state index is 5.86. The van der Waals surface area contributed by atoms with Gasteiger partial charge in [-0.05, 0) is 19.4 Å². The Morgan fingerprint density at radius 3 is 2.76 bits per heavy atom. The minimum absolute atomic E-state index is 0.0289. The van der Waals surface area contributed by atoms with Gasteiger partial charge in [0.1, 0.15) is 0 Å². The molecule has 0 saturated heterocycles. The van der Waals surface area contributed by atoms with E-state index in [0.717, 1.165) is 18.6 Å². The second-order valence-corrected chi connectivity index (χ2v) is 4.45. The fourth-order valence-electron chi connectivity index (χ4n) is 1.74. The number of rotatable bonds is 8. The number of nitrogens with two attached hydrogens (primary N) is 1. The summed E-state index contributed by atoms with van der Waals surface area (Å²) in [4.78, 5) is 4.23. The van der Waals surface area contributed by atoms with Gasteiger partial charge in [0.2, 0.25) is 5.88 Å². The van der Waals surface area contributed by atoms with E-state index in [1.54, 1.807) is 6.20 Å². The molecule has 96 valence electrons. The predicted molar refractivity (Wildman–Crippen MR) is 71.1 cm³/mol. The summed E-state index contributed by atoms with van der Waals surface area (Å²) in [5.41, 5.74) is 6.85. The summed E-state index contributed by atoms with van der Waals surface area (Å²) in [7, 11) is 0. The number of aromatic nitrogens is 1. The third kappa shape index (κ3) is 5.18. The number of nitrogens with zero attached hydrogens (tertiary/aromatic N) is 1. The van der Waals surface area contributed by atoms with Crippen molar-refractivity contribution >= 4 is 0 Å². The third-order valence-corrected chi connectivity index (χ3v) is 2.78. The molecule has 1 aromatic rings. The number of ether oxygens (including phenoxy) is 1. The summed E-state index contributed by atoms with van der Waals surface area (Å²) in [6, 6.07) is 3.84. The predicted octanol–water partition coefficient (Wildman–Crippen LogP) is 3.45. The molecule has 0 radical (unpaired) electrons. The Morgan fingerprint density at radius 1 is 1.29 bits per heavy atom. The highest BCUT2D eigenvalue weighted by Gasteiger charge is 2.08. The molecular formula is C14H24N2O. The monoisotopic (exact) mass is 236 g/mol. The van der Waals surface area contributed by atoms with Gasteiger partial charge in [-0.25, -0.2) is 4.98 Å². The van der Waals surface area contributed by atoms with Gasteiger partial charge in [-0.2, -0.15) is 0 Å². The van der Waals surface area contributed by atoms with Crippen molar-refractivity contribution in [3.05, 3.63) is 23.9 Å².